The Labute approximate surface area is 112 Å². The van der Waals surface area contributed by atoms with Gasteiger partial charge in [0.25, 0.3) is 0 Å². The monoisotopic (exact) mass is 282 g/mol. The Morgan fingerprint density at radius 2 is 2.17 bits per heavy atom. The maximum Gasteiger partial charge on any atom is 0.244 e. The Hall–Kier alpha value is -1.03. The first kappa shape index (κ1) is 13.4. The third-order valence-electron chi connectivity index (χ3n) is 2.90. The molecule has 4 nitrogen and oxygen atoms in total. The van der Waals surface area contributed by atoms with E-state index in [0.717, 1.165) is 11.5 Å². The SMILES string of the molecule is CC1CSCCN1S(=O)(=O)c1ccccc1C#N. The highest BCUT2D eigenvalue weighted by atomic mass is 32.2. The lowest BCUT2D eigenvalue weighted by molar-refractivity contribution is 0.367. The molecule has 0 spiro atoms. The van der Waals surface area contributed by atoms with Crippen LogP contribution in [0.4, 0.5) is 0 Å². The smallest absolute Gasteiger partial charge is 0.207 e. The maximum atomic E-state index is 12.5. The molecule has 0 amide bonds. The standard InChI is InChI=1S/C12H14N2O2S2/c1-10-9-17-7-6-14(10)18(15,16)12-5-3-2-4-11(12)8-13/h2-5,10H,6-7,9H2,1H3. The first-order chi connectivity index (χ1) is 8.57. The van der Waals surface area contributed by atoms with E-state index in [-0.39, 0.29) is 16.5 Å². The summed E-state index contributed by atoms with van der Waals surface area (Å²) in [6.45, 7) is 2.41. The van der Waals surface area contributed by atoms with Crippen LogP contribution in [-0.4, -0.2) is 36.8 Å². The van der Waals surface area contributed by atoms with E-state index in [2.05, 4.69) is 0 Å². The summed E-state index contributed by atoms with van der Waals surface area (Å²) in [7, 11) is -3.56. The van der Waals surface area contributed by atoms with E-state index in [9.17, 15) is 8.42 Å². The Morgan fingerprint density at radius 3 is 2.83 bits per heavy atom. The number of benzene rings is 1. The van der Waals surface area contributed by atoms with E-state index >= 15 is 0 Å². The third kappa shape index (κ3) is 2.39. The van der Waals surface area contributed by atoms with Crippen molar-refractivity contribution < 1.29 is 8.42 Å². The summed E-state index contributed by atoms with van der Waals surface area (Å²) in [4.78, 5) is 0.117. The maximum absolute atomic E-state index is 12.5. The van der Waals surface area contributed by atoms with Crippen LogP contribution in [0.5, 0.6) is 0 Å². The van der Waals surface area contributed by atoms with Crippen molar-refractivity contribution in [3.63, 3.8) is 0 Å². The molecule has 1 aliphatic heterocycles. The van der Waals surface area contributed by atoms with Gasteiger partial charge in [0, 0.05) is 24.1 Å². The van der Waals surface area contributed by atoms with Crippen LogP contribution in [0, 0.1) is 11.3 Å². The molecule has 6 heteroatoms. The molecule has 0 radical (unpaired) electrons. The van der Waals surface area contributed by atoms with E-state index in [1.807, 2.05) is 13.0 Å². The minimum absolute atomic E-state index is 0.0273. The van der Waals surface area contributed by atoms with Crippen molar-refractivity contribution in [1.29, 1.82) is 5.26 Å². The fourth-order valence-electron chi connectivity index (χ4n) is 1.98. The molecule has 2 rings (SSSR count). The average Bonchev–Trinajstić information content (AvgIpc) is 2.39. The highest BCUT2D eigenvalue weighted by molar-refractivity contribution is 7.99. The van der Waals surface area contributed by atoms with E-state index < -0.39 is 10.0 Å². The summed E-state index contributed by atoms with van der Waals surface area (Å²) in [5, 5.41) is 9.01. The lowest BCUT2D eigenvalue weighted by atomic mass is 10.2. The molecular weight excluding hydrogens is 268 g/mol. The molecule has 0 aromatic heterocycles. The lowest BCUT2D eigenvalue weighted by Crippen LogP contribution is -2.44. The van der Waals surface area contributed by atoms with Crippen molar-refractivity contribution in [2.24, 2.45) is 0 Å². The van der Waals surface area contributed by atoms with Crippen LogP contribution in [0.2, 0.25) is 0 Å². The summed E-state index contributed by atoms with van der Waals surface area (Å²) in [5.74, 6) is 1.60. The quantitative estimate of drug-likeness (QED) is 0.828. The van der Waals surface area contributed by atoms with Gasteiger partial charge >= 0.3 is 0 Å². The minimum atomic E-state index is -3.56. The number of sulfonamides is 1. The molecule has 18 heavy (non-hydrogen) atoms. The molecule has 1 heterocycles. The number of nitriles is 1. The molecular formula is C12H14N2O2S2. The fourth-order valence-corrected chi connectivity index (χ4v) is 4.98. The zero-order valence-corrected chi connectivity index (χ0v) is 11.7. The van der Waals surface area contributed by atoms with Crippen LogP contribution in [0.15, 0.2) is 29.2 Å². The van der Waals surface area contributed by atoms with Gasteiger partial charge in [-0.25, -0.2) is 8.42 Å². The summed E-state index contributed by atoms with van der Waals surface area (Å²) in [6.07, 6.45) is 0. The Morgan fingerprint density at radius 1 is 1.44 bits per heavy atom. The minimum Gasteiger partial charge on any atom is -0.207 e. The van der Waals surface area contributed by atoms with Crippen LogP contribution in [-0.2, 0) is 10.0 Å². The highest BCUT2D eigenvalue weighted by Gasteiger charge is 2.32. The molecule has 0 aliphatic carbocycles. The Balaban J connectivity index is 2.45. The van der Waals surface area contributed by atoms with E-state index in [1.165, 1.54) is 16.4 Å². The number of hydrogen-bond donors (Lipinski definition) is 0. The van der Waals surface area contributed by atoms with E-state index in [4.69, 9.17) is 5.26 Å². The van der Waals surface area contributed by atoms with Gasteiger partial charge in [-0.15, -0.1) is 0 Å². The van der Waals surface area contributed by atoms with Crippen molar-refractivity contribution in [2.45, 2.75) is 17.9 Å². The normalized spacial score (nSPS) is 21.4. The topological polar surface area (TPSA) is 61.2 Å². The molecule has 1 aromatic carbocycles. The van der Waals surface area contributed by atoms with Gasteiger partial charge in [-0.3, -0.25) is 0 Å². The summed E-state index contributed by atoms with van der Waals surface area (Å²) in [5.41, 5.74) is 0.211. The van der Waals surface area contributed by atoms with Gasteiger partial charge in [0.1, 0.15) is 6.07 Å². The van der Waals surface area contributed by atoms with Gasteiger partial charge in [-0.1, -0.05) is 12.1 Å². The van der Waals surface area contributed by atoms with Crippen molar-refractivity contribution >= 4 is 21.8 Å². The van der Waals surface area contributed by atoms with Crippen LogP contribution < -0.4 is 0 Å². The van der Waals surface area contributed by atoms with E-state index in [1.54, 1.807) is 23.9 Å². The third-order valence-corrected chi connectivity index (χ3v) is 6.16. The first-order valence-corrected chi connectivity index (χ1v) is 8.25. The first-order valence-electron chi connectivity index (χ1n) is 5.66. The van der Waals surface area contributed by atoms with Crippen LogP contribution in [0.25, 0.3) is 0 Å². The van der Waals surface area contributed by atoms with Crippen LogP contribution in [0.1, 0.15) is 12.5 Å². The molecule has 0 saturated carbocycles. The molecule has 1 unspecified atom stereocenters. The molecule has 0 N–H and O–H groups in total. The van der Waals surface area contributed by atoms with Crippen LogP contribution >= 0.6 is 11.8 Å². The predicted molar refractivity (Wildman–Crippen MR) is 71.8 cm³/mol. The summed E-state index contributed by atoms with van der Waals surface area (Å²) < 4.78 is 26.6. The van der Waals surface area contributed by atoms with Crippen molar-refractivity contribution in [2.75, 3.05) is 18.1 Å². The molecule has 1 atom stereocenters. The van der Waals surface area contributed by atoms with Crippen molar-refractivity contribution in [3.8, 4) is 6.07 Å². The summed E-state index contributed by atoms with van der Waals surface area (Å²) >= 11 is 1.76. The Bertz CT molecular complexity index is 578. The molecule has 96 valence electrons. The zero-order chi connectivity index (χ0) is 13.2. The lowest BCUT2D eigenvalue weighted by Gasteiger charge is -2.32. The largest absolute Gasteiger partial charge is 0.244 e. The van der Waals surface area contributed by atoms with Gasteiger partial charge in [0.2, 0.25) is 10.0 Å². The van der Waals surface area contributed by atoms with Gasteiger partial charge in [0.15, 0.2) is 0 Å². The molecule has 1 saturated heterocycles. The second kappa shape index (κ2) is 5.31. The van der Waals surface area contributed by atoms with Crippen LogP contribution in [0.3, 0.4) is 0 Å². The van der Waals surface area contributed by atoms with Gasteiger partial charge < -0.3 is 0 Å². The number of thioether (sulfide) groups is 1. The Kier molecular flexibility index (Phi) is 3.95. The molecule has 0 bridgehead atoms. The average molecular weight is 282 g/mol. The number of rotatable bonds is 2. The highest BCUT2D eigenvalue weighted by Crippen LogP contribution is 2.26. The summed E-state index contributed by atoms with van der Waals surface area (Å²) in [6, 6.07) is 8.28. The fraction of sp³-hybridized carbons (Fsp3) is 0.417. The number of hydrogen-bond acceptors (Lipinski definition) is 4. The molecule has 1 aromatic rings. The van der Waals surface area contributed by atoms with E-state index in [0.29, 0.717) is 6.54 Å². The molecule has 1 aliphatic rings. The van der Waals surface area contributed by atoms with Gasteiger partial charge in [-0.2, -0.15) is 21.3 Å². The predicted octanol–water partition coefficient (Wildman–Crippen LogP) is 1.68. The van der Waals surface area contributed by atoms with Crippen molar-refractivity contribution in [1.82, 2.24) is 4.31 Å². The molecule has 1 fully saturated rings. The number of nitrogens with zero attached hydrogens (tertiary/aromatic N) is 2. The van der Waals surface area contributed by atoms with Crippen molar-refractivity contribution in [3.05, 3.63) is 29.8 Å². The zero-order valence-electron chi connectivity index (χ0n) is 10.0. The van der Waals surface area contributed by atoms with Gasteiger partial charge in [-0.05, 0) is 19.1 Å². The second-order valence-electron chi connectivity index (χ2n) is 4.15. The second-order valence-corrected chi connectivity index (χ2v) is 7.16. The van der Waals surface area contributed by atoms with Gasteiger partial charge in [0.05, 0.1) is 10.5 Å².